The zero-order chi connectivity index (χ0) is 13.0. The van der Waals surface area contributed by atoms with E-state index in [2.05, 4.69) is 9.59 Å². The summed E-state index contributed by atoms with van der Waals surface area (Å²) in [5, 5.41) is 13.3. The average molecular weight is 271 g/mol. The highest BCUT2D eigenvalue weighted by atomic mass is 32.1. The highest BCUT2D eigenvalue weighted by molar-refractivity contribution is 7.08. The molecule has 6 nitrogen and oxygen atoms in total. The standard InChI is InChI=1S/C11H17N3O3S/c1-2-3-9-10(18-13-12-9)11(16)14-4-5-17-7-8(14)6-15/h8,15H,2-7H2,1H3. The number of rotatable bonds is 4. The van der Waals surface area contributed by atoms with Gasteiger partial charge in [-0.1, -0.05) is 17.8 Å². The van der Waals surface area contributed by atoms with E-state index in [0.717, 1.165) is 30.1 Å². The summed E-state index contributed by atoms with van der Waals surface area (Å²) in [6, 6.07) is -0.261. The van der Waals surface area contributed by atoms with Gasteiger partial charge in [-0.15, -0.1) is 5.10 Å². The fraction of sp³-hybridized carbons (Fsp3) is 0.727. The molecule has 0 saturated carbocycles. The summed E-state index contributed by atoms with van der Waals surface area (Å²) in [5.74, 6) is -0.0872. The van der Waals surface area contributed by atoms with E-state index >= 15 is 0 Å². The molecule has 0 aliphatic carbocycles. The molecule has 1 saturated heterocycles. The van der Waals surface area contributed by atoms with Crippen molar-refractivity contribution < 1.29 is 14.6 Å². The van der Waals surface area contributed by atoms with Gasteiger partial charge in [-0.25, -0.2) is 0 Å². The number of hydrogen-bond donors (Lipinski definition) is 1. The number of aliphatic hydroxyl groups is 1. The Morgan fingerprint density at radius 2 is 2.50 bits per heavy atom. The third kappa shape index (κ3) is 2.68. The Hall–Kier alpha value is -1.05. The van der Waals surface area contributed by atoms with Gasteiger partial charge in [0.15, 0.2) is 0 Å². The van der Waals surface area contributed by atoms with Crippen LogP contribution < -0.4 is 0 Å². The maximum atomic E-state index is 12.4. The highest BCUT2D eigenvalue weighted by Gasteiger charge is 2.30. The average Bonchev–Trinajstić information content (AvgIpc) is 2.86. The van der Waals surface area contributed by atoms with Crippen LogP contribution in [0.1, 0.15) is 28.7 Å². The predicted octanol–water partition coefficient (Wildman–Crippen LogP) is 0.324. The monoisotopic (exact) mass is 271 g/mol. The van der Waals surface area contributed by atoms with E-state index in [1.165, 1.54) is 0 Å². The van der Waals surface area contributed by atoms with Crippen LogP contribution in [0.3, 0.4) is 0 Å². The van der Waals surface area contributed by atoms with E-state index in [1.54, 1.807) is 4.90 Å². The van der Waals surface area contributed by atoms with Crippen molar-refractivity contribution in [2.24, 2.45) is 0 Å². The molecule has 0 spiro atoms. The van der Waals surface area contributed by atoms with Crippen LogP contribution in [0.25, 0.3) is 0 Å². The van der Waals surface area contributed by atoms with Gasteiger partial charge in [0, 0.05) is 6.54 Å². The Balaban J connectivity index is 2.16. The lowest BCUT2D eigenvalue weighted by Gasteiger charge is -2.34. The number of aliphatic hydroxyl groups excluding tert-OH is 1. The molecule has 1 aliphatic rings. The smallest absolute Gasteiger partial charge is 0.268 e. The van der Waals surface area contributed by atoms with Crippen LogP contribution in [0.5, 0.6) is 0 Å². The second-order valence-electron chi connectivity index (χ2n) is 4.21. The van der Waals surface area contributed by atoms with E-state index in [-0.39, 0.29) is 18.6 Å². The summed E-state index contributed by atoms with van der Waals surface area (Å²) >= 11 is 1.13. The lowest BCUT2D eigenvalue weighted by atomic mass is 10.2. The second kappa shape index (κ2) is 6.21. The van der Waals surface area contributed by atoms with E-state index in [4.69, 9.17) is 4.74 Å². The van der Waals surface area contributed by atoms with Crippen LogP contribution in [0.2, 0.25) is 0 Å². The molecular formula is C11H17N3O3S. The summed E-state index contributed by atoms with van der Waals surface area (Å²) in [4.78, 5) is 14.7. The molecule has 100 valence electrons. The molecule has 1 N–H and O–H groups in total. The molecule has 0 bridgehead atoms. The second-order valence-corrected chi connectivity index (χ2v) is 4.96. The zero-order valence-electron chi connectivity index (χ0n) is 10.3. The van der Waals surface area contributed by atoms with Crippen molar-refractivity contribution in [3.63, 3.8) is 0 Å². The van der Waals surface area contributed by atoms with Crippen LogP contribution in [-0.4, -0.2) is 57.9 Å². The predicted molar refractivity (Wildman–Crippen MR) is 66.6 cm³/mol. The molecule has 2 heterocycles. The zero-order valence-corrected chi connectivity index (χ0v) is 11.2. The van der Waals surface area contributed by atoms with E-state index in [0.29, 0.717) is 24.6 Å². The first-order valence-electron chi connectivity index (χ1n) is 6.08. The lowest BCUT2D eigenvalue weighted by Crippen LogP contribution is -2.50. The number of carbonyl (C=O) groups is 1. The summed E-state index contributed by atoms with van der Waals surface area (Å²) in [7, 11) is 0. The first-order valence-corrected chi connectivity index (χ1v) is 6.86. The Bertz CT molecular complexity index is 410. The van der Waals surface area contributed by atoms with Gasteiger partial charge in [-0.05, 0) is 18.0 Å². The van der Waals surface area contributed by atoms with Crippen LogP contribution >= 0.6 is 11.5 Å². The molecule has 0 aromatic carbocycles. The summed E-state index contributed by atoms with van der Waals surface area (Å²) < 4.78 is 9.12. The molecule has 1 unspecified atom stereocenters. The highest BCUT2D eigenvalue weighted by Crippen LogP contribution is 2.18. The van der Waals surface area contributed by atoms with Crippen LogP contribution in [-0.2, 0) is 11.2 Å². The minimum Gasteiger partial charge on any atom is -0.394 e. The largest absolute Gasteiger partial charge is 0.394 e. The van der Waals surface area contributed by atoms with Gasteiger partial charge in [0.1, 0.15) is 4.88 Å². The minimum absolute atomic E-state index is 0.0823. The number of nitrogens with zero attached hydrogens (tertiary/aromatic N) is 3. The molecule has 1 fully saturated rings. The number of hydrogen-bond acceptors (Lipinski definition) is 6. The number of aryl methyl sites for hydroxylation is 1. The molecule has 2 rings (SSSR count). The number of amides is 1. The fourth-order valence-electron chi connectivity index (χ4n) is 1.98. The first-order chi connectivity index (χ1) is 8.77. The molecule has 7 heteroatoms. The van der Waals surface area contributed by atoms with Crippen LogP contribution in [0.4, 0.5) is 0 Å². The maximum Gasteiger partial charge on any atom is 0.268 e. The summed E-state index contributed by atoms with van der Waals surface area (Å²) in [5.41, 5.74) is 0.760. The molecule has 1 atom stereocenters. The third-order valence-corrected chi connectivity index (χ3v) is 3.69. The number of morpholine rings is 1. The maximum absolute atomic E-state index is 12.4. The Kier molecular flexibility index (Phi) is 4.62. The van der Waals surface area contributed by atoms with Crippen molar-refractivity contribution in [3.05, 3.63) is 10.6 Å². The van der Waals surface area contributed by atoms with Gasteiger partial charge in [-0.2, -0.15) is 0 Å². The van der Waals surface area contributed by atoms with E-state index in [9.17, 15) is 9.90 Å². The topological polar surface area (TPSA) is 75.6 Å². The fourth-order valence-corrected chi connectivity index (χ4v) is 2.64. The summed E-state index contributed by atoms with van der Waals surface area (Å²) in [6.45, 7) is 3.36. The van der Waals surface area contributed by atoms with Gasteiger partial charge >= 0.3 is 0 Å². The van der Waals surface area contributed by atoms with Crippen molar-refractivity contribution in [1.82, 2.24) is 14.5 Å². The van der Waals surface area contributed by atoms with Gasteiger partial charge in [0.05, 0.1) is 31.6 Å². The van der Waals surface area contributed by atoms with Crippen molar-refractivity contribution >= 4 is 17.4 Å². The third-order valence-electron chi connectivity index (χ3n) is 2.94. The Morgan fingerprint density at radius 3 is 3.22 bits per heavy atom. The number of carbonyl (C=O) groups excluding carboxylic acids is 1. The van der Waals surface area contributed by atoms with Crippen LogP contribution in [0.15, 0.2) is 0 Å². The number of aromatic nitrogens is 2. The van der Waals surface area contributed by atoms with Gasteiger partial charge in [0.25, 0.3) is 5.91 Å². The summed E-state index contributed by atoms with van der Waals surface area (Å²) in [6.07, 6.45) is 1.68. The van der Waals surface area contributed by atoms with Gasteiger partial charge in [0.2, 0.25) is 0 Å². The lowest BCUT2D eigenvalue weighted by molar-refractivity contribution is -0.0182. The number of ether oxygens (including phenoxy) is 1. The van der Waals surface area contributed by atoms with E-state index < -0.39 is 0 Å². The quantitative estimate of drug-likeness (QED) is 0.853. The Labute approximate surface area is 110 Å². The molecule has 0 radical (unpaired) electrons. The van der Waals surface area contributed by atoms with Crippen molar-refractivity contribution in [1.29, 1.82) is 0 Å². The van der Waals surface area contributed by atoms with Crippen molar-refractivity contribution in [2.75, 3.05) is 26.4 Å². The molecular weight excluding hydrogens is 254 g/mol. The van der Waals surface area contributed by atoms with Crippen molar-refractivity contribution in [2.45, 2.75) is 25.8 Å². The molecule has 18 heavy (non-hydrogen) atoms. The Morgan fingerprint density at radius 1 is 1.67 bits per heavy atom. The van der Waals surface area contributed by atoms with Gasteiger partial charge in [-0.3, -0.25) is 4.79 Å². The molecule has 1 aliphatic heterocycles. The van der Waals surface area contributed by atoms with Crippen molar-refractivity contribution in [3.8, 4) is 0 Å². The van der Waals surface area contributed by atoms with E-state index in [1.807, 2.05) is 6.92 Å². The first kappa shape index (κ1) is 13.4. The SMILES string of the molecule is CCCc1nnsc1C(=O)N1CCOCC1CO. The molecule has 1 aromatic rings. The molecule has 1 amide bonds. The molecule has 1 aromatic heterocycles. The minimum atomic E-state index is -0.261. The van der Waals surface area contributed by atoms with Gasteiger partial charge < -0.3 is 14.7 Å². The van der Waals surface area contributed by atoms with Crippen LogP contribution in [0, 0.1) is 0 Å². The normalized spacial score (nSPS) is 20.1.